The van der Waals surface area contributed by atoms with Crippen molar-refractivity contribution in [2.24, 2.45) is 0 Å². The predicted octanol–water partition coefficient (Wildman–Crippen LogP) is 2.33. The molecule has 0 aliphatic rings. The Morgan fingerprint density at radius 2 is 1.80 bits per heavy atom. The minimum Gasteiger partial charge on any atom is -0.306 e. The lowest BCUT2D eigenvalue weighted by Crippen LogP contribution is -2.13. The van der Waals surface area contributed by atoms with Crippen LogP contribution in [-0.2, 0) is 0 Å². The van der Waals surface area contributed by atoms with E-state index in [4.69, 9.17) is 11.6 Å². The van der Waals surface area contributed by atoms with E-state index < -0.39 is 0 Å². The third kappa shape index (κ3) is 2.55. The molecule has 0 aliphatic heterocycles. The number of carbonyl (C=O) groups excluding carboxylic acids is 1. The van der Waals surface area contributed by atoms with E-state index in [1.54, 1.807) is 36.7 Å². The van der Waals surface area contributed by atoms with E-state index in [0.717, 1.165) is 5.52 Å². The summed E-state index contributed by atoms with van der Waals surface area (Å²) in [5.41, 5.74) is 1.85. The molecule has 3 aromatic rings. The van der Waals surface area contributed by atoms with Gasteiger partial charge in [-0.1, -0.05) is 0 Å². The van der Waals surface area contributed by atoms with Crippen molar-refractivity contribution in [3.63, 3.8) is 0 Å². The van der Waals surface area contributed by atoms with Crippen LogP contribution in [0.25, 0.3) is 11.0 Å². The first-order valence-corrected chi connectivity index (χ1v) is 6.11. The first kappa shape index (κ1) is 12.4. The normalized spacial score (nSPS) is 10.4. The van der Waals surface area contributed by atoms with Crippen LogP contribution in [-0.4, -0.2) is 25.8 Å². The summed E-state index contributed by atoms with van der Waals surface area (Å²) in [5.74, 6) is 0.0431. The van der Waals surface area contributed by atoms with Gasteiger partial charge in [0.1, 0.15) is 5.82 Å². The summed E-state index contributed by atoms with van der Waals surface area (Å²) >= 11 is 5.66. The topological polar surface area (TPSA) is 80.7 Å². The van der Waals surface area contributed by atoms with E-state index in [1.165, 1.54) is 6.20 Å². The van der Waals surface area contributed by atoms with Gasteiger partial charge in [0.05, 0.1) is 11.0 Å². The lowest BCUT2D eigenvalue weighted by atomic mass is 10.2. The Hall–Kier alpha value is -2.60. The molecule has 0 unspecified atom stereocenters. The second-order valence-electron chi connectivity index (χ2n) is 3.92. The molecular weight excluding hydrogens is 278 g/mol. The number of halogens is 1. The quantitative estimate of drug-likeness (QED) is 0.731. The zero-order valence-electron chi connectivity index (χ0n) is 10.1. The second-order valence-corrected chi connectivity index (χ2v) is 4.26. The number of rotatable bonds is 2. The van der Waals surface area contributed by atoms with E-state index in [1.807, 2.05) is 0 Å². The monoisotopic (exact) mass is 285 g/mol. The van der Waals surface area contributed by atoms with Crippen molar-refractivity contribution in [2.45, 2.75) is 0 Å². The molecule has 0 fully saturated rings. The van der Waals surface area contributed by atoms with Crippen molar-refractivity contribution in [3.8, 4) is 0 Å². The molecule has 6 nitrogen and oxygen atoms in total. The Kier molecular flexibility index (Phi) is 3.22. The number of nitrogens with one attached hydrogen (secondary N) is 1. The fourth-order valence-corrected chi connectivity index (χ4v) is 1.84. The Morgan fingerprint density at radius 1 is 1.00 bits per heavy atom. The fraction of sp³-hybridized carbons (Fsp3) is 0. The maximum atomic E-state index is 12.1. The number of anilines is 1. The lowest BCUT2D eigenvalue weighted by Gasteiger charge is -2.05. The number of hydrogen-bond acceptors (Lipinski definition) is 5. The second kappa shape index (κ2) is 5.18. The van der Waals surface area contributed by atoms with Gasteiger partial charge >= 0.3 is 0 Å². The van der Waals surface area contributed by atoms with Crippen molar-refractivity contribution in [3.05, 3.63) is 53.7 Å². The van der Waals surface area contributed by atoms with Gasteiger partial charge in [0.25, 0.3) is 5.91 Å². The SMILES string of the molecule is O=C(Nc1ccnc(Cl)n1)c1ccc2nccnc2c1. The van der Waals surface area contributed by atoms with Crippen LogP contribution in [0.4, 0.5) is 5.82 Å². The third-order valence-corrected chi connectivity index (χ3v) is 2.78. The van der Waals surface area contributed by atoms with Crippen molar-refractivity contribution in [1.82, 2.24) is 19.9 Å². The van der Waals surface area contributed by atoms with Crippen LogP contribution in [0.5, 0.6) is 0 Å². The summed E-state index contributed by atoms with van der Waals surface area (Å²) in [6.07, 6.45) is 4.65. The molecule has 0 bridgehead atoms. The van der Waals surface area contributed by atoms with E-state index in [2.05, 4.69) is 25.3 Å². The predicted molar refractivity (Wildman–Crippen MR) is 74.5 cm³/mol. The van der Waals surface area contributed by atoms with E-state index in [9.17, 15) is 4.79 Å². The Bertz CT molecular complexity index is 792. The molecule has 0 atom stereocenters. The molecule has 3 rings (SSSR count). The van der Waals surface area contributed by atoms with Gasteiger partial charge in [0, 0.05) is 24.2 Å². The van der Waals surface area contributed by atoms with Gasteiger partial charge in [0.2, 0.25) is 5.28 Å². The van der Waals surface area contributed by atoms with Gasteiger partial charge < -0.3 is 5.32 Å². The molecule has 7 heteroatoms. The number of hydrogen-bond donors (Lipinski definition) is 1. The first-order valence-electron chi connectivity index (χ1n) is 5.73. The molecule has 0 radical (unpaired) electrons. The molecule has 1 N–H and O–H groups in total. The summed E-state index contributed by atoms with van der Waals surface area (Å²) in [7, 11) is 0. The number of amides is 1. The van der Waals surface area contributed by atoms with Crippen molar-refractivity contribution in [1.29, 1.82) is 0 Å². The molecule has 0 aliphatic carbocycles. The van der Waals surface area contributed by atoms with Gasteiger partial charge in [-0.15, -0.1) is 0 Å². The largest absolute Gasteiger partial charge is 0.306 e. The molecular formula is C13H8ClN5O. The number of aromatic nitrogens is 4. The zero-order chi connectivity index (χ0) is 13.9. The fourth-order valence-electron chi connectivity index (χ4n) is 1.70. The summed E-state index contributed by atoms with van der Waals surface area (Å²) < 4.78 is 0. The third-order valence-electron chi connectivity index (χ3n) is 2.60. The van der Waals surface area contributed by atoms with Crippen molar-refractivity contribution >= 4 is 34.4 Å². The van der Waals surface area contributed by atoms with Gasteiger partial charge in [-0.3, -0.25) is 14.8 Å². The number of carbonyl (C=O) groups is 1. The van der Waals surface area contributed by atoms with Gasteiger partial charge in [-0.25, -0.2) is 9.97 Å². The maximum absolute atomic E-state index is 12.1. The van der Waals surface area contributed by atoms with Crippen molar-refractivity contribution < 1.29 is 4.79 Å². The highest BCUT2D eigenvalue weighted by Gasteiger charge is 2.08. The highest BCUT2D eigenvalue weighted by molar-refractivity contribution is 6.28. The van der Waals surface area contributed by atoms with Crippen LogP contribution in [0.15, 0.2) is 42.9 Å². The highest BCUT2D eigenvalue weighted by Crippen LogP contribution is 2.13. The first-order chi connectivity index (χ1) is 9.72. The number of benzene rings is 1. The molecule has 98 valence electrons. The van der Waals surface area contributed by atoms with E-state index in [-0.39, 0.29) is 11.2 Å². The number of nitrogens with zero attached hydrogens (tertiary/aromatic N) is 4. The van der Waals surface area contributed by atoms with E-state index >= 15 is 0 Å². The minimum atomic E-state index is -0.299. The molecule has 0 saturated carbocycles. The zero-order valence-corrected chi connectivity index (χ0v) is 10.9. The highest BCUT2D eigenvalue weighted by atomic mass is 35.5. The summed E-state index contributed by atoms with van der Waals surface area (Å²) in [6.45, 7) is 0. The molecule has 2 aromatic heterocycles. The van der Waals surface area contributed by atoms with Crippen LogP contribution in [0, 0.1) is 0 Å². The van der Waals surface area contributed by atoms with Crippen LogP contribution >= 0.6 is 11.6 Å². The van der Waals surface area contributed by atoms with Crippen LogP contribution in [0.2, 0.25) is 5.28 Å². The van der Waals surface area contributed by atoms with E-state index in [0.29, 0.717) is 16.9 Å². The summed E-state index contributed by atoms with van der Waals surface area (Å²) in [5, 5.41) is 2.72. The summed E-state index contributed by atoms with van der Waals surface area (Å²) in [6, 6.07) is 6.64. The number of fused-ring (bicyclic) bond motifs is 1. The molecule has 1 amide bonds. The van der Waals surface area contributed by atoms with Gasteiger partial charge in [-0.2, -0.15) is 0 Å². The van der Waals surface area contributed by atoms with Crippen LogP contribution < -0.4 is 5.32 Å². The maximum Gasteiger partial charge on any atom is 0.256 e. The average molecular weight is 286 g/mol. The van der Waals surface area contributed by atoms with Gasteiger partial charge in [0.15, 0.2) is 0 Å². The summed E-state index contributed by atoms with van der Waals surface area (Å²) in [4.78, 5) is 28.0. The smallest absolute Gasteiger partial charge is 0.256 e. The molecule has 2 heterocycles. The molecule has 1 aromatic carbocycles. The van der Waals surface area contributed by atoms with Crippen molar-refractivity contribution in [2.75, 3.05) is 5.32 Å². The molecule has 0 spiro atoms. The standard InChI is InChI=1S/C13H8ClN5O/c14-13-17-4-3-11(19-13)18-12(20)8-1-2-9-10(7-8)16-6-5-15-9/h1-7H,(H,17,18,19,20). The molecule has 0 saturated heterocycles. The lowest BCUT2D eigenvalue weighted by molar-refractivity contribution is 0.102. The van der Waals surface area contributed by atoms with Crippen LogP contribution in [0.3, 0.4) is 0 Å². The Labute approximate surface area is 118 Å². The van der Waals surface area contributed by atoms with Crippen LogP contribution in [0.1, 0.15) is 10.4 Å². The Balaban J connectivity index is 1.88. The van der Waals surface area contributed by atoms with Gasteiger partial charge in [-0.05, 0) is 35.9 Å². The average Bonchev–Trinajstić information content (AvgIpc) is 2.47. The minimum absolute atomic E-state index is 0.0761. The molecule has 20 heavy (non-hydrogen) atoms. The Morgan fingerprint density at radius 3 is 2.60 bits per heavy atom.